The lowest BCUT2D eigenvalue weighted by molar-refractivity contribution is -0.165. The zero-order chi connectivity index (χ0) is 21.8. The lowest BCUT2D eigenvalue weighted by atomic mass is 9.73. The van der Waals surface area contributed by atoms with Gasteiger partial charge in [-0.25, -0.2) is 9.59 Å². The summed E-state index contributed by atoms with van der Waals surface area (Å²) < 4.78 is 15.4. The Morgan fingerprint density at radius 3 is 1.96 bits per heavy atom. The second-order valence-electron chi connectivity index (χ2n) is 9.01. The van der Waals surface area contributed by atoms with E-state index in [9.17, 15) is 19.5 Å². The molecule has 0 aromatic carbocycles. The number of aliphatic hydroxyl groups excluding tert-OH is 1. The van der Waals surface area contributed by atoms with E-state index in [1.165, 1.54) is 12.0 Å². The minimum atomic E-state index is -1.22. The molecule has 0 saturated carbocycles. The van der Waals surface area contributed by atoms with Crippen LogP contribution in [0.5, 0.6) is 0 Å². The predicted molar refractivity (Wildman–Crippen MR) is 102 cm³/mol. The number of nitrogens with zero attached hydrogens (tertiary/aromatic N) is 1. The van der Waals surface area contributed by atoms with Crippen LogP contribution in [0.4, 0.5) is 9.59 Å². The first-order valence-corrected chi connectivity index (χ1v) is 9.41. The van der Waals surface area contributed by atoms with Crippen molar-refractivity contribution in [1.82, 2.24) is 10.2 Å². The Morgan fingerprint density at radius 2 is 1.54 bits per heavy atom. The van der Waals surface area contributed by atoms with Gasteiger partial charge >= 0.3 is 18.2 Å². The molecule has 1 atom stereocenters. The van der Waals surface area contributed by atoms with Gasteiger partial charge in [-0.15, -0.1) is 0 Å². The molecule has 0 aromatic heterocycles. The Bertz CT molecular complexity index is 570. The van der Waals surface area contributed by atoms with E-state index in [4.69, 9.17) is 14.2 Å². The number of likely N-dealkylation sites (tertiary alicyclic amines) is 1. The fourth-order valence-corrected chi connectivity index (χ4v) is 2.98. The number of carbonyl (C=O) groups excluding carboxylic acids is 3. The van der Waals surface area contributed by atoms with Crippen LogP contribution in [0.1, 0.15) is 54.4 Å². The summed E-state index contributed by atoms with van der Waals surface area (Å²) >= 11 is 0. The van der Waals surface area contributed by atoms with Crippen molar-refractivity contribution in [3.05, 3.63) is 0 Å². The monoisotopic (exact) mass is 402 g/mol. The smallest absolute Gasteiger partial charge is 0.410 e. The van der Waals surface area contributed by atoms with E-state index in [0.29, 0.717) is 0 Å². The number of methoxy groups -OCH3 is 1. The van der Waals surface area contributed by atoms with E-state index in [0.717, 1.165) is 0 Å². The maximum atomic E-state index is 12.4. The molecular weight excluding hydrogens is 368 g/mol. The van der Waals surface area contributed by atoms with Crippen LogP contribution < -0.4 is 5.32 Å². The number of ether oxygens (including phenoxy) is 3. The zero-order valence-corrected chi connectivity index (χ0v) is 18.0. The van der Waals surface area contributed by atoms with Crippen LogP contribution in [0, 0.1) is 5.41 Å². The van der Waals surface area contributed by atoms with Crippen LogP contribution >= 0.6 is 0 Å². The van der Waals surface area contributed by atoms with Crippen molar-refractivity contribution in [2.45, 2.75) is 71.7 Å². The third kappa shape index (κ3) is 6.85. The fraction of sp³-hybridized carbons (Fsp3) is 0.842. The SMILES string of the molecule is COC(=O)C1(C(O)CNC(=O)OC(C)(C)C)CCN(C(=O)OC(C)(C)C)CC1. The minimum Gasteiger partial charge on any atom is -0.469 e. The molecule has 1 saturated heterocycles. The molecule has 9 nitrogen and oxygen atoms in total. The van der Waals surface area contributed by atoms with Gasteiger partial charge in [0, 0.05) is 19.6 Å². The zero-order valence-electron chi connectivity index (χ0n) is 18.0. The first-order valence-electron chi connectivity index (χ1n) is 9.41. The van der Waals surface area contributed by atoms with Gasteiger partial charge in [-0.3, -0.25) is 4.79 Å². The lowest BCUT2D eigenvalue weighted by Gasteiger charge is -2.42. The van der Waals surface area contributed by atoms with Crippen molar-refractivity contribution in [3.8, 4) is 0 Å². The van der Waals surface area contributed by atoms with Gasteiger partial charge in [0.05, 0.1) is 18.6 Å². The fourth-order valence-electron chi connectivity index (χ4n) is 2.98. The van der Waals surface area contributed by atoms with Crippen LogP contribution in [0.2, 0.25) is 0 Å². The number of nitrogens with one attached hydrogen (secondary N) is 1. The molecule has 9 heteroatoms. The van der Waals surface area contributed by atoms with Crippen molar-refractivity contribution < 1.29 is 33.7 Å². The molecule has 0 bridgehead atoms. The number of hydrogen-bond donors (Lipinski definition) is 2. The molecule has 28 heavy (non-hydrogen) atoms. The Hall–Kier alpha value is -2.03. The van der Waals surface area contributed by atoms with Crippen molar-refractivity contribution in [1.29, 1.82) is 0 Å². The topological polar surface area (TPSA) is 114 Å². The number of hydrogen-bond acceptors (Lipinski definition) is 7. The van der Waals surface area contributed by atoms with Gasteiger partial charge in [-0.2, -0.15) is 0 Å². The lowest BCUT2D eigenvalue weighted by Crippen LogP contribution is -2.55. The minimum absolute atomic E-state index is 0.170. The van der Waals surface area contributed by atoms with Gasteiger partial charge < -0.3 is 29.5 Å². The summed E-state index contributed by atoms with van der Waals surface area (Å²) in [6.45, 7) is 10.8. The van der Waals surface area contributed by atoms with Crippen molar-refractivity contribution in [3.63, 3.8) is 0 Å². The highest BCUT2D eigenvalue weighted by Crippen LogP contribution is 2.37. The molecule has 0 radical (unpaired) electrons. The van der Waals surface area contributed by atoms with Gasteiger partial charge in [0.15, 0.2) is 0 Å². The molecule has 162 valence electrons. The molecule has 1 rings (SSSR count). The Balaban J connectivity index is 2.76. The normalized spacial score (nSPS) is 18.1. The molecule has 1 aliphatic heterocycles. The van der Waals surface area contributed by atoms with Crippen LogP contribution in [-0.4, -0.2) is 72.2 Å². The molecular formula is C19H34N2O7. The van der Waals surface area contributed by atoms with Crippen LogP contribution in [0.25, 0.3) is 0 Å². The van der Waals surface area contributed by atoms with Crippen molar-refractivity contribution >= 4 is 18.2 Å². The average Bonchev–Trinajstić information content (AvgIpc) is 2.55. The van der Waals surface area contributed by atoms with Crippen molar-refractivity contribution in [2.75, 3.05) is 26.7 Å². The number of esters is 1. The van der Waals surface area contributed by atoms with E-state index in [1.807, 2.05) is 0 Å². The van der Waals surface area contributed by atoms with Crippen LogP contribution in [-0.2, 0) is 19.0 Å². The predicted octanol–water partition coefficient (Wildman–Crippen LogP) is 2.06. The second kappa shape index (κ2) is 8.98. The molecule has 1 heterocycles. The molecule has 0 aromatic rings. The third-order valence-electron chi connectivity index (χ3n) is 4.38. The maximum Gasteiger partial charge on any atom is 0.410 e. The summed E-state index contributed by atoms with van der Waals surface area (Å²) in [5, 5.41) is 13.2. The second-order valence-corrected chi connectivity index (χ2v) is 9.01. The summed E-state index contributed by atoms with van der Waals surface area (Å²) in [5.74, 6) is -0.574. The summed E-state index contributed by atoms with van der Waals surface area (Å²) in [6, 6.07) is 0. The Labute approximate surface area is 166 Å². The van der Waals surface area contributed by atoms with E-state index >= 15 is 0 Å². The van der Waals surface area contributed by atoms with Gasteiger partial charge in [0.1, 0.15) is 11.2 Å². The molecule has 1 unspecified atom stereocenters. The number of rotatable bonds is 4. The average molecular weight is 402 g/mol. The van der Waals surface area contributed by atoms with Crippen molar-refractivity contribution in [2.24, 2.45) is 5.41 Å². The molecule has 1 aliphatic rings. The maximum absolute atomic E-state index is 12.4. The highest BCUT2D eigenvalue weighted by atomic mass is 16.6. The number of carbonyl (C=O) groups is 3. The molecule has 2 N–H and O–H groups in total. The first kappa shape index (κ1) is 24.0. The molecule has 0 aliphatic carbocycles. The number of amides is 2. The van der Waals surface area contributed by atoms with E-state index < -0.39 is 40.9 Å². The molecule has 2 amide bonds. The highest BCUT2D eigenvalue weighted by Gasteiger charge is 2.49. The van der Waals surface area contributed by atoms with E-state index in [2.05, 4.69) is 5.32 Å². The summed E-state index contributed by atoms with van der Waals surface area (Å²) in [7, 11) is 1.25. The van der Waals surface area contributed by atoms with Crippen LogP contribution in [0.3, 0.4) is 0 Å². The van der Waals surface area contributed by atoms with Gasteiger partial charge in [-0.05, 0) is 54.4 Å². The third-order valence-corrected chi connectivity index (χ3v) is 4.38. The Kier molecular flexibility index (Phi) is 7.70. The van der Waals surface area contributed by atoms with Gasteiger partial charge in [0.2, 0.25) is 0 Å². The largest absolute Gasteiger partial charge is 0.469 e. The summed E-state index contributed by atoms with van der Waals surface area (Å²) in [6.07, 6.45) is -1.95. The first-order chi connectivity index (χ1) is 12.7. The number of aliphatic hydroxyl groups is 1. The molecule has 0 spiro atoms. The molecule has 1 fully saturated rings. The standard InChI is InChI=1S/C19H34N2O7/c1-17(2,3)27-15(24)20-12-13(22)19(14(23)26-7)8-10-21(11-9-19)16(25)28-18(4,5)6/h13,22H,8-12H2,1-7H3,(H,20,24). The quantitative estimate of drug-likeness (QED) is 0.546. The number of piperidine rings is 1. The summed E-state index contributed by atoms with van der Waals surface area (Å²) in [5.41, 5.74) is -2.51. The van der Waals surface area contributed by atoms with E-state index in [-0.39, 0.29) is 32.5 Å². The van der Waals surface area contributed by atoms with Crippen LogP contribution in [0.15, 0.2) is 0 Å². The Morgan fingerprint density at radius 1 is 1.04 bits per heavy atom. The van der Waals surface area contributed by atoms with E-state index in [1.54, 1.807) is 41.5 Å². The van der Waals surface area contributed by atoms with Gasteiger partial charge in [0.25, 0.3) is 0 Å². The highest BCUT2D eigenvalue weighted by molar-refractivity contribution is 5.78. The van der Waals surface area contributed by atoms with Gasteiger partial charge in [-0.1, -0.05) is 0 Å². The number of alkyl carbamates (subject to hydrolysis) is 1. The summed E-state index contributed by atoms with van der Waals surface area (Å²) in [4.78, 5) is 38.0.